The van der Waals surface area contributed by atoms with Crippen LogP contribution >= 0.6 is 15.9 Å². The third kappa shape index (κ3) is 2.58. The first-order valence-corrected chi connectivity index (χ1v) is 9.64. The van der Waals surface area contributed by atoms with Gasteiger partial charge in [0.15, 0.2) is 17.3 Å². The number of benzene rings is 2. The fraction of sp³-hybridized carbons (Fsp3) is 0.0476. The number of anilines is 1. The van der Waals surface area contributed by atoms with Crippen LogP contribution in [-0.2, 0) is 0 Å². The average Bonchev–Trinajstić information content (AvgIpc) is 3.19. The molecule has 0 aliphatic carbocycles. The zero-order valence-electron chi connectivity index (χ0n) is 15.4. The van der Waals surface area contributed by atoms with Crippen molar-refractivity contribution in [3.05, 3.63) is 81.6 Å². The molecule has 1 aliphatic rings. The summed E-state index contributed by atoms with van der Waals surface area (Å²) in [5.74, 6) is -3.49. The van der Waals surface area contributed by atoms with Crippen LogP contribution in [0.1, 0.15) is 26.4 Å². The summed E-state index contributed by atoms with van der Waals surface area (Å²) in [7, 11) is 0. The van der Waals surface area contributed by atoms with Gasteiger partial charge in [0.2, 0.25) is 0 Å². The Morgan fingerprint density at radius 3 is 2.33 bits per heavy atom. The molecular formula is C21H11BrF2N4O2. The smallest absolute Gasteiger partial charge is 0.267 e. The van der Waals surface area contributed by atoms with E-state index in [0.29, 0.717) is 16.7 Å². The van der Waals surface area contributed by atoms with E-state index < -0.39 is 23.4 Å². The van der Waals surface area contributed by atoms with Crippen molar-refractivity contribution in [3.63, 3.8) is 0 Å². The van der Waals surface area contributed by atoms with Gasteiger partial charge in [-0.05, 0) is 43.3 Å². The predicted molar refractivity (Wildman–Crippen MR) is 109 cm³/mol. The van der Waals surface area contributed by atoms with Gasteiger partial charge in [-0.25, -0.2) is 23.3 Å². The number of aryl methyl sites for hydroxylation is 1. The number of amides is 2. The fourth-order valence-corrected chi connectivity index (χ4v) is 3.85. The van der Waals surface area contributed by atoms with Crippen LogP contribution in [0.2, 0.25) is 0 Å². The van der Waals surface area contributed by atoms with E-state index in [4.69, 9.17) is 0 Å². The number of hydrogen-bond acceptors (Lipinski definition) is 4. The molecule has 2 aromatic carbocycles. The normalized spacial score (nSPS) is 13.4. The number of aromatic nitrogens is 3. The van der Waals surface area contributed by atoms with Gasteiger partial charge in [-0.1, -0.05) is 15.9 Å². The van der Waals surface area contributed by atoms with Gasteiger partial charge in [-0.3, -0.25) is 9.59 Å². The molecule has 30 heavy (non-hydrogen) atoms. The second kappa shape index (κ2) is 6.53. The second-order valence-corrected chi connectivity index (χ2v) is 7.68. The second-order valence-electron chi connectivity index (χ2n) is 6.76. The average molecular weight is 469 g/mol. The number of rotatable bonds is 2. The summed E-state index contributed by atoms with van der Waals surface area (Å²) in [6.45, 7) is 1.72. The summed E-state index contributed by atoms with van der Waals surface area (Å²) in [5, 5.41) is 4.94. The highest BCUT2D eigenvalue weighted by molar-refractivity contribution is 9.10. The molecule has 0 saturated carbocycles. The van der Waals surface area contributed by atoms with Crippen molar-refractivity contribution >= 4 is 44.5 Å². The monoisotopic (exact) mass is 468 g/mol. The molecule has 0 atom stereocenters. The van der Waals surface area contributed by atoms with Crippen molar-refractivity contribution < 1.29 is 18.4 Å². The summed E-state index contributed by atoms with van der Waals surface area (Å²) in [6.07, 6.45) is 1.31. The molecule has 3 heterocycles. The van der Waals surface area contributed by atoms with Crippen molar-refractivity contribution in [3.8, 4) is 5.69 Å². The largest absolute Gasteiger partial charge is 0.268 e. The molecule has 0 N–H and O–H groups in total. The number of pyridine rings is 1. The van der Waals surface area contributed by atoms with E-state index in [9.17, 15) is 18.4 Å². The molecule has 2 aromatic heterocycles. The molecule has 0 fully saturated rings. The summed E-state index contributed by atoms with van der Waals surface area (Å²) in [6, 6.07) is 10.3. The lowest BCUT2D eigenvalue weighted by Crippen LogP contribution is -2.29. The van der Waals surface area contributed by atoms with E-state index in [1.165, 1.54) is 12.3 Å². The van der Waals surface area contributed by atoms with Crippen molar-refractivity contribution in [2.45, 2.75) is 6.92 Å². The van der Waals surface area contributed by atoms with Crippen LogP contribution in [0.25, 0.3) is 16.7 Å². The maximum Gasteiger partial charge on any atom is 0.267 e. The van der Waals surface area contributed by atoms with Crippen LogP contribution in [-0.4, -0.2) is 26.6 Å². The van der Waals surface area contributed by atoms with Gasteiger partial charge >= 0.3 is 0 Å². The fourth-order valence-electron chi connectivity index (χ4n) is 3.58. The Morgan fingerprint density at radius 2 is 1.63 bits per heavy atom. The minimum absolute atomic E-state index is 0.0498. The number of carbonyl (C=O) groups excluding carboxylic acids is 2. The van der Waals surface area contributed by atoms with Crippen LogP contribution in [0.15, 0.2) is 53.1 Å². The van der Waals surface area contributed by atoms with E-state index in [2.05, 4.69) is 26.0 Å². The van der Waals surface area contributed by atoms with Gasteiger partial charge in [0.25, 0.3) is 11.8 Å². The summed E-state index contributed by atoms with van der Waals surface area (Å²) in [5.41, 5.74) is 1.86. The standard InChI is InChI=1S/C21H11BrF2N4O2/c1-10-17-18-14(9-25-19(17)28(26-10)12-4-2-11(22)3-5-12)20(29)27(21(18)30)13-6-7-15(23)16(24)8-13/h2-9H,1H3. The Bertz CT molecular complexity index is 1380. The quantitative estimate of drug-likeness (QED) is 0.404. The Kier molecular flexibility index (Phi) is 4.04. The van der Waals surface area contributed by atoms with Gasteiger partial charge in [0, 0.05) is 16.7 Å². The molecule has 9 heteroatoms. The minimum atomic E-state index is -1.15. The lowest BCUT2D eigenvalue weighted by Gasteiger charge is -2.13. The maximum absolute atomic E-state index is 13.7. The molecule has 1 aliphatic heterocycles. The van der Waals surface area contributed by atoms with Gasteiger partial charge < -0.3 is 0 Å². The topological polar surface area (TPSA) is 68.1 Å². The van der Waals surface area contributed by atoms with E-state index in [-0.39, 0.29) is 16.8 Å². The Hall–Kier alpha value is -3.46. The van der Waals surface area contributed by atoms with Crippen LogP contribution < -0.4 is 4.90 Å². The molecule has 6 nitrogen and oxygen atoms in total. The first kappa shape index (κ1) is 18.6. The number of carbonyl (C=O) groups is 2. The number of hydrogen-bond donors (Lipinski definition) is 0. The Balaban J connectivity index is 1.70. The first-order valence-electron chi connectivity index (χ1n) is 8.85. The van der Waals surface area contributed by atoms with Crippen molar-refractivity contribution in [2.24, 2.45) is 0 Å². The number of imide groups is 1. The molecule has 0 bridgehead atoms. The highest BCUT2D eigenvalue weighted by atomic mass is 79.9. The van der Waals surface area contributed by atoms with E-state index in [1.807, 2.05) is 24.3 Å². The Morgan fingerprint density at radius 1 is 0.933 bits per heavy atom. The SMILES string of the molecule is Cc1nn(-c2ccc(Br)cc2)c2ncc3c(c12)C(=O)N(c1ccc(F)c(F)c1)C3=O. The minimum Gasteiger partial charge on any atom is -0.268 e. The molecule has 0 unspecified atom stereocenters. The molecule has 0 spiro atoms. The van der Waals surface area contributed by atoms with Gasteiger partial charge in [0.1, 0.15) is 0 Å². The molecule has 5 rings (SSSR count). The zero-order chi connectivity index (χ0) is 21.2. The van der Waals surface area contributed by atoms with Gasteiger partial charge in [-0.2, -0.15) is 5.10 Å². The van der Waals surface area contributed by atoms with Crippen molar-refractivity contribution in [2.75, 3.05) is 4.90 Å². The molecule has 0 radical (unpaired) electrons. The van der Waals surface area contributed by atoms with Gasteiger partial charge in [0.05, 0.1) is 33.6 Å². The van der Waals surface area contributed by atoms with E-state index in [0.717, 1.165) is 27.2 Å². The number of nitrogens with zero attached hydrogens (tertiary/aromatic N) is 4. The van der Waals surface area contributed by atoms with E-state index >= 15 is 0 Å². The van der Waals surface area contributed by atoms with Crippen molar-refractivity contribution in [1.29, 1.82) is 0 Å². The van der Waals surface area contributed by atoms with Crippen LogP contribution in [0.4, 0.5) is 14.5 Å². The van der Waals surface area contributed by atoms with E-state index in [1.54, 1.807) is 11.6 Å². The zero-order valence-corrected chi connectivity index (χ0v) is 16.9. The summed E-state index contributed by atoms with van der Waals surface area (Å²) < 4.78 is 29.5. The molecular weight excluding hydrogens is 458 g/mol. The molecule has 0 saturated heterocycles. The first-order chi connectivity index (χ1) is 14.4. The summed E-state index contributed by atoms with van der Waals surface area (Å²) >= 11 is 3.38. The number of halogens is 3. The number of fused-ring (bicyclic) bond motifs is 3. The third-order valence-electron chi connectivity index (χ3n) is 4.95. The maximum atomic E-state index is 13.7. The highest BCUT2D eigenvalue weighted by Crippen LogP contribution is 2.35. The van der Waals surface area contributed by atoms with Crippen molar-refractivity contribution in [1.82, 2.24) is 14.8 Å². The lowest BCUT2D eigenvalue weighted by molar-refractivity contribution is 0.0926. The highest BCUT2D eigenvalue weighted by Gasteiger charge is 2.40. The predicted octanol–water partition coefficient (Wildman–Crippen LogP) is 4.57. The molecule has 2 amide bonds. The Labute approximate surface area is 176 Å². The molecule has 4 aromatic rings. The van der Waals surface area contributed by atoms with Crippen LogP contribution in [0.3, 0.4) is 0 Å². The third-order valence-corrected chi connectivity index (χ3v) is 5.48. The lowest BCUT2D eigenvalue weighted by atomic mass is 10.1. The summed E-state index contributed by atoms with van der Waals surface area (Å²) in [4.78, 5) is 31.3. The van der Waals surface area contributed by atoms with Gasteiger partial charge in [-0.15, -0.1) is 0 Å². The molecule has 148 valence electrons. The van der Waals surface area contributed by atoms with Crippen LogP contribution in [0, 0.1) is 18.6 Å². The van der Waals surface area contributed by atoms with Crippen LogP contribution in [0.5, 0.6) is 0 Å².